The van der Waals surface area contributed by atoms with Crippen LogP contribution in [-0.2, 0) is 16.2 Å². The molecule has 3 aromatic rings. The molecule has 1 saturated heterocycles. The molecule has 0 radical (unpaired) electrons. The number of carbonyl (C=O) groups excluding carboxylic acids is 2. The lowest BCUT2D eigenvalue weighted by Crippen LogP contribution is -2.54. The number of aromatic carboxylic acids is 1. The number of anilines is 1. The van der Waals surface area contributed by atoms with E-state index >= 15 is 0 Å². The molecule has 2 N–H and O–H groups in total. The number of hydrogen-bond acceptors (Lipinski definition) is 5. The molecule has 0 unspecified atom stereocenters. The summed E-state index contributed by atoms with van der Waals surface area (Å²) in [5, 5.41) is 11.6. The zero-order valence-electron chi connectivity index (χ0n) is 17.8. The van der Waals surface area contributed by atoms with Crippen LogP contribution >= 0.6 is 50.7 Å². The summed E-state index contributed by atoms with van der Waals surface area (Å²) in [6, 6.07) is 18.9. The SMILES string of the molecule is O=C1NC(=S)N(c2cccc(C(=O)O)c2)C(=O)C1=Cc1ccc(OCc2ccc(Br)cc2)c(I)c1. The predicted octanol–water partition coefficient (Wildman–Crippen LogP) is 5.16. The van der Waals surface area contributed by atoms with Gasteiger partial charge in [0.05, 0.1) is 14.8 Å². The van der Waals surface area contributed by atoms with Crippen molar-refractivity contribution in [2.75, 3.05) is 4.90 Å². The average molecular weight is 663 g/mol. The van der Waals surface area contributed by atoms with Crippen molar-refractivity contribution in [1.82, 2.24) is 5.32 Å². The molecule has 3 aromatic carbocycles. The summed E-state index contributed by atoms with van der Waals surface area (Å²) in [5.74, 6) is -1.74. The van der Waals surface area contributed by atoms with Gasteiger partial charge in [-0.1, -0.05) is 40.2 Å². The van der Waals surface area contributed by atoms with E-state index in [-0.39, 0.29) is 21.9 Å². The van der Waals surface area contributed by atoms with E-state index in [1.54, 1.807) is 24.3 Å². The van der Waals surface area contributed by atoms with Gasteiger partial charge in [-0.3, -0.25) is 19.8 Å². The van der Waals surface area contributed by atoms with Gasteiger partial charge in [-0.05, 0) is 94.5 Å². The number of hydrogen-bond donors (Lipinski definition) is 2. The Kier molecular flexibility index (Phi) is 7.63. The Labute approximate surface area is 228 Å². The van der Waals surface area contributed by atoms with Crippen LogP contribution in [-0.4, -0.2) is 28.0 Å². The summed E-state index contributed by atoms with van der Waals surface area (Å²) < 4.78 is 7.70. The molecule has 35 heavy (non-hydrogen) atoms. The number of rotatable bonds is 6. The maximum Gasteiger partial charge on any atom is 0.335 e. The number of carboxylic acid groups (broad SMARTS) is 1. The van der Waals surface area contributed by atoms with Gasteiger partial charge in [-0.2, -0.15) is 0 Å². The van der Waals surface area contributed by atoms with Crippen LogP contribution in [0.3, 0.4) is 0 Å². The van der Waals surface area contributed by atoms with Crippen molar-refractivity contribution in [1.29, 1.82) is 0 Å². The molecular weight excluding hydrogens is 647 g/mol. The van der Waals surface area contributed by atoms with Gasteiger partial charge < -0.3 is 9.84 Å². The second-order valence-corrected chi connectivity index (χ2v) is 9.88. The van der Waals surface area contributed by atoms with Crippen molar-refractivity contribution in [2.45, 2.75) is 6.61 Å². The van der Waals surface area contributed by atoms with E-state index in [4.69, 9.17) is 17.0 Å². The molecule has 176 valence electrons. The molecule has 10 heteroatoms. The quantitative estimate of drug-likeness (QED) is 0.164. The zero-order valence-corrected chi connectivity index (χ0v) is 22.4. The fourth-order valence-electron chi connectivity index (χ4n) is 3.30. The highest BCUT2D eigenvalue weighted by atomic mass is 127. The molecule has 0 saturated carbocycles. The summed E-state index contributed by atoms with van der Waals surface area (Å²) in [5.41, 5.74) is 1.75. The molecule has 1 heterocycles. The molecule has 1 aliphatic rings. The summed E-state index contributed by atoms with van der Waals surface area (Å²) in [6.45, 7) is 0.395. The molecule has 0 spiro atoms. The number of amides is 2. The van der Waals surface area contributed by atoms with E-state index < -0.39 is 17.8 Å². The molecule has 2 amide bonds. The van der Waals surface area contributed by atoms with Crippen LogP contribution < -0.4 is 15.0 Å². The smallest absolute Gasteiger partial charge is 0.335 e. The summed E-state index contributed by atoms with van der Waals surface area (Å²) >= 11 is 10.7. The van der Waals surface area contributed by atoms with E-state index in [0.717, 1.165) is 18.5 Å². The van der Waals surface area contributed by atoms with Crippen LogP contribution in [0.5, 0.6) is 5.75 Å². The maximum atomic E-state index is 13.2. The Morgan fingerprint density at radius 2 is 1.86 bits per heavy atom. The second-order valence-electron chi connectivity index (χ2n) is 7.42. The maximum absolute atomic E-state index is 13.2. The van der Waals surface area contributed by atoms with Gasteiger partial charge in [0, 0.05) is 4.47 Å². The van der Waals surface area contributed by atoms with Crippen molar-refractivity contribution in [2.24, 2.45) is 0 Å². The summed E-state index contributed by atoms with van der Waals surface area (Å²) in [6.07, 6.45) is 1.47. The van der Waals surface area contributed by atoms with Crippen LogP contribution in [0, 0.1) is 3.57 Å². The number of nitrogens with zero attached hydrogens (tertiary/aromatic N) is 1. The van der Waals surface area contributed by atoms with Crippen LogP contribution in [0.1, 0.15) is 21.5 Å². The number of nitrogens with one attached hydrogen (secondary N) is 1. The Bertz CT molecular complexity index is 1390. The van der Waals surface area contributed by atoms with Gasteiger partial charge in [0.1, 0.15) is 17.9 Å². The lowest BCUT2D eigenvalue weighted by molar-refractivity contribution is -0.122. The van der Waals surface area contributed by atoms with Gasteiger partial charge in [0.15, 0.2) is 5.11 Å². The summed E-state index contributed by atoms with van der Waals surface area (Å²) in [4.78, 5) is 38.2. The molecule has 0 aliphatic carbocycles. The molecule has 1 aliphatic heterocycles. The van der Waals surface area contributed by atoms with Crippen molar-refractivity contribution >= 4 is 85.4 Å². The molecule has 1 fully saturated rings. The van der Waals surface area contributed by atoms with E-state index in [0.29, 0.717) is 17.9 Å². The van der Waals surface area contributed by atoms with Crippen LogP contribution in [0.2, 0.25) is 0 Å². The molecule has 0 aromatic heterocycles. The second kappa shape index (κ2) is 10.7. The third kappa shape index (κ3) is 5.77. The van der Waals surface area contributed by atoms with Gasteiger partial charge >= 0.3 is 5.97 Å². The third-order valence-corrected chi connectivity index (χ3v) is 6.68. The molecule has 0 bridgehead atoms. The van der Waals surface area contributed by atoms with E-state index in [1.165, 1.54) is 24.3 Å². The number of ether oxygens (including phenoxy) is 1. The Morgan fingerprint density at radius 3 is 2.54 bits per heavy atom. The predicted molar refractivity (Wildman–Crippen MR) is 147 cm³/mol. The van der Waals surface area contributed by atoms with Gasteiger partial charge in [0.2, 0.25) is 0 Å². The third-order valence-electron chi connectivity index (χ3n) is 5.03. The zero-order chi connectivity index (χ0) is 25.1. The lowest BCUT2D eigenvalue weighted by Gasteiger charge is -2.29. The normalized spacial score (nSPS) is 14.7. The van der Waals surface area contributed by atoms with Crippen LogP contribution in [0.25, 0.3) is 6.08 Å². The summed E-state index contributed by atoms with van der Waals surface area (Å²) in [7, 11) is 0. The Hall–Kier alpha value is -3.09. The largest absolute Gasteiger partial charge is 0.488 e. The minimum Gasteiger partial charge on any atom is -0.488 e. The number of carbonyl (C=O) groups is 3. The highest BCUT2D eigenvalue weighted by Gasteiger charge is 2.34. The topological polar surface area (TPSA) is 95.9 Å². The van der Waals surface area contributed by atoms with Crippen molar-refractivity contribution in [3.05, 3.63) is 97.0 Å². The van der Waals surface area contributed by atoms with Gasteiger partial charge in [-0.15, -0.1) is 0 Å². The average Bonchev–Trinajstić information content (AvgIpc) is 2.82. The fourth-order valence-corrected chi connectivity index (χ4v) is 4.54. The highest BCUT2D eigenvalue weighted by Crippen LogP contribution is 2.27. The molecule has 7 nitrogen and oxygen atoms in total. The van der Waals surface area contributed by atoms with Gasteiger partial charge in [0.25, 0.3) is 11.8 Å². The molecule has 0 atom stereocenters. The van der Waals surface area contributed by atoms with Crippen molar-refractivity contribution < 1.29 is 24.2 Å². The van der Waals surface area contributed by atoms with E-state index in [2.05, 4.69) is 43.8 Å². The number of halogens is 2. The number of carboxylic acids is 1. The molecular formula is C25H16BrIN2O5S. The highest BCUT2D eigenvalue weighted by molar-refractivity contribution is 14.1. The minimum absolute atomic E-state index is 0.00573. The van der Waals surface area contributed by atoms with Crippen molar-refractivity contribution in [3.63, 3.8) is 0 Å². The van der Waals surface area contributed by atoms with Crippen LogP contribution in [0.4, 0.5) is 5.69 Å². The first-order chi connectivity index (χ1) is 16.7. The van der Waals surface area contributed by atoms with Crippen LogP contribution in [0.15, 0.2) is 76.8 Å². The Morgan fingerprint density at radius 1 is 1.11 bits per heavy atom. The standard InChI is InChI=1S/C25H16BrIN2O5S/c26-17-7-4-14(5-8-17)13-34-21-9-6-15(11-20(21)27)10-19-22(30)28-25(35)29(23(19)31)18-3-1-2-16(12-18)24(32)33/h1-12H,13H2,(H,32,33)(H,28,30,35). The lowest BCUT2D eigenvalue weighted by atomic mass is 10.1. The first-order valence-electron chi connectivity index (χ1n) is 10.1. The minimum atomic E-state index is -1.14. The first kappa shape index (κ1) is 25.0. The fraction of sp³-hybridized carbons (Fsp3) is 0.0400. The Balaban J connectivity index is 1.57. The number of benzene rings is 3. The number of thiocarbonyl (C=S) groups is 1. The van der Waals surface area contributed by atoms with E-state index in [9.17, 15) is 19.5 Å². The van der Waals surface area contributed by atoms with E-state index in [1.807, 2.05) is 24.3 Å². The monoisotopic (exact) mass is 662 g/mol. The molecule has 4 rings (SSSR count). The first-order valence-corrected chi connectivity index (χ1v) is 12.4. The van der Waals surface area contributed by atoms with Gasteiger partial charge in [-0.25, -0.2) is 4.79 Å². The van der Waals surface area contributed by atoms with Crippen molar-refractivity contribution in [3.8, 4) is 5.75 Å².